The Morgan fingerprint density at radius 1 is 1.07 bits per heavy atom. The van der Waals surface area contributed by atoms with Crippen molar-refractivity contribution in [2.45, 2.75) is 51.9 Å². The number of likely N-dealkylation sites (tertiary alicyclic amines) is 1. The number of nitrogens with zero attached hydrogens (tertiary/aromatic N) is 3. The van der Waals surface area contributed by atoms with E-state index in [0.717, 1.165) is 35.9 Å². The molecule has 1 aliphatic rings. The Kier molecular flexibility index (Phi) is 8.77. The van der Waals surface area contributed by atoms with Crippen LogP contribution in [0.1, 0.15) is 58.9 Å². The van der Waals surface area contributed by atoms with Crippen molar-refractivity contribution in [1.82, 2.24) is 20.4 Å². The van der Waals surface area contributed by atoms with Gasteiger partial charge in [-0.1, -0.05) is 41.9 Å². The molecule has 0 radical (unpaired) electrons. The smallest absolute Gasteiger partial charge is 0.286 e. The third-order valence-corrected chi connectivity index (χ3v) is 6.20. The maximum atomic E-state index is 12.3. The average Bonchev–Trinajstić information content (AvgIpc) is 3.05. The van der Waals surface area contributed by atoms with Crippen molar-refractivity contribution in [1.29, 1.82) is 0 Å². The van der Waals surface area contributed by atoms with Gasteiger partial charge < -0.3 is 15.5 Å². The van der Waals surface area contributed by atoms with Crippen LogP contribution in [0, 0.1) is 6.92 Å². The summed E-state index contributed by atoms with van der Waals surface area (Å²) in [7, 11) is 0. The lowest BCUT2D eigenvalue weighted by atomic mass is 10.2. The lowest BCUT2D eigenvalue weighted by Crippen LogP contribution is -2.35. The van der Waals surface area contributed by atoms with Crippen LogP contribution in [0.4, 0.5) is 5.69 Å². The van der Waals surface area contributed by atoms with E-state index in [4.69, 9.17) is 0 Å². The summed E-state index contributed by atoms with van der Waals surface area (Å²) in [5.74, 6) is -0.180. The van der Waals surface area contributed by atoms with E-state index in [9.17, 15) is 9.59 Å². The Morgan fingerprint density at radius 2 is 1.80 bits per heavy atom. The zero-order valence-corrected chi connectivity index (χ0v) is 18.5. The molecule has 8 heteroatoms. The lowest BCUT2D eigenvalue weighted by Gasteiger charge is -2.19. The van der Waals surface area contributed by atoms with E-state index in [2.05, 4.69) is 25.7 Å². The number of amides is 2. The van der Waals surface area contributed by atoms with E-state index in [1.54, 1.807) is 0 Å². The molecule has 162 valence electrons. The van der Waals surface area contributed by atoms with E-state index in [1.165, 1.54) is 37.0 Å². The highest BCUT2D eigenvalue weighted by atomic mass is 32.1. The molecule has 2 aromatic rings. The zero-order chi connectivity index (χ0) is 21.2. The monoisotopic (exact) mass is 429 g/mol. The summed E-state index contributed by atoms with van der Waals surface area (Å²) in [5.41, 5.74) is 1.87. The third-order valence-electron chi connectivity index (χ3n) is 5.21. The minimum absolute atomic E-state index is 0.0756. The van der Waals surface area contributed by atoms with Crippen LogP contribution in [0.25, 0.3) is 0 Å². The number of hydrogen-bond donors (Lipinski definition) is 2. The van der Waals surface area contributed by atoms with Crippen molar-refractivity contribution >= 4 is 28.8 Å². The van der Waals surface area contributed by atoms with Crippen LogP contribution in [0.3, 0.4) is 0 Å². The summed E-state index contributed by atoms with van der Waals surface area (Å²) < 4.78 is 0. The Labute approximate surface area is 182 Å². The van der Waals surface area contributed by atoms with Crippen molar-refractivity contribution < 1.29 is 9.59 Å². The Hall–Kier alpha value is -2.32. The largest absolute Gasteiger partial charge is 0.355 e. The van der Waals surface area contributed by atoms with Gasteiger partial charge in [0, 0.05) is 31.6 Å². The molecule has 2 heterocycles. The summed E-state index contributed by atoms with van der Waals surface area (Å²) in [6.45, 7) is 5.93. The van der Waals surface area contributed by atoms with Gasteiger partial charge >= 0.3 is 0 Å². The van der Waals surface area contributed by atoms with E-state index in [1.807, 2.05) is 31.2 Å². The first-order valence-corrected chi connectivity index (χ1v) is 11.6. The molecule has 0 atom stereocenters. The second-order valence-electron chi connectivity index (χ2n) is 7.78. The van der Waals surface area contributed by atoms with Crippen LogP contribution < -0.4 is 10.6 Å². The second-order valence-corrected chi connectivity index (χ2v) is 8.84. The minimum Gasteiger partial charge on any atom is -0.355 e. The first-order valence-electron chi connectivity index (χ1n) is 10.8. The van der Waals surface area contributed by atoms with E-state index >= 15 is 0 Å². The van der Waals surface area contributed by atoms with Crippen LogP contribution >= 0.6 is 11.3 Å². The maximum Gasteiger partial charge on any atom is 0.286 e. The summed E-state index contributed by atoms with van der Waals surface area (Å²) in [4.78, 5) is 26.8. The molecule has 1 aromatic heterocycles. The van der Waals surface area contributed by atoms with Crippen LogP contribution in [0.5, 0.6) is 0 Å². The zero-order valence-electron chi connectivity index (χ0n) is 17.7. The Morgan fingerprint density at radius 3 is 2.53 bits per heavy atom. The molecule has 30 heavy (non-hydrogen) atoms. The number of aromatic nitrogens is 2. The fourth-order valence-corrected chi connectivity index (χ4v) is 4.25. The second kappa shape index (κ2) is 11.8. The molecule has 0 spiro atoms. The lowest BCUT2D eigenvalue weighted by molar-refractivity contribution is -0.121. The third kappa shape index (κ3) is 7.50. The number of nitrogens with one attached hydrogen (secondary N) is 2. The normalized spacial score (nSPS) is 14.8. The van der Waals surface area contributed by atoms with Gasteiger partial charge in [-0.25, -0.2) is 0 Å². The average molecular weight is 430 g/mol. The van der Waals surface area contributed by atoms with Crippen molar-refractivity contribution in [3.8, 4) is 0 Å². The highest BCUT2D eigenvalue weighted by molar-refractivity contribution is 7.13. The van der Waals surface area contributed by atoms with Crippen LogP contribution in [0.2, 0.25) is 0 Å². The molecule has 1 saturated heterocycles. The Balaban J connectivity index is 1.33. The van der Waals surface area contributed by atoms with Gasteiger partial charge in [0.1, 0.15) is 5.01 Å². The molecule has 2 N–H and O–H groups in total. The van der Waals surface area contributed by atoms with Gasteiger partial charge in [-0.3, -0.25) is 9.59 Å². The number of aryl methyl sites for hydroxylation is 2. The fourth-order valence-electron chi connectivity index (χ4n) is 3.47. The molecule has 1 aromatic carbocycles. The molecule has 0 aliphatic carbocycles. The summed E-state index contributed by atoms with van der Waals surface area (Å²) in [6.07, 6.45) is 6.98. The number of rotatable bonds is 9. The molecule has 0 unspecified atom stereocenters. The van der Waals surface area contributed by atoms with Crippen LogP contribution in [0.15, 0.2) is 24.3 Å². The van der Waals surface area contributed by atoms with Crippen molar-refractivity contribution in [2.24, 2.45) is 0 Å². The number of carbonyl (C=O) groups excluding carboxylic acids is 2. The topological polar surface area (TPSA) is 87.2 Å². The predicted octanol–water partition coefficient (Wildman–Crippen LogP) is 3.41. The van der Waals surface area contributed by atoms with Gasteiger partial charge in [0.05, 0.1) is 0 Å². The van der Waals surface area contributed by atoms with Gasteiger partial charge in [-0.2, -0.15) is 0 Å². The molecule has 2 amide bonds. The molecule has 3 rings (SSSR count). The fraction of sp³-hybridized carbons (Fsp3) is 0.545. The van der Waals surface area contributed by atoms with Crippen LogP contribution in [-0.4, -0.2) is 53.1 Å². The first-order chi connectivity index (χ1) is 14.6. The first kappa shape index (κ1) is 22.4. The molecule has 1 aliphatic heterocycles. The quantitative estimate of drug-likeness (QED) is 0.638. The Bertz CT molecular complexity index is 813. The number of hydrogen-bond acceptors (Lipinski definition) is 6. The molecule has 0 saturated carbocycles. The summed E-state index contributed by atoms with van der Waals surface area (Å²) in [6, 6.07) is 7.61. The van der Waals surface area contributed by atoms with Crippen molar-refractivity contribution in [3.05, 3.63) is 39.8 Å². The van der Waals surface area contributed by atoms with Gasteiger partial charge in [0.15, 0.2) is 0 Å². The van der Waals surface area contributed by atoms with Crippen molar-refractivity contribution in [3.63, 3.8) is 0 Å². The molecular weight excluding hydrogens is 398 g/mol. The number of benzene rings is 1. The SMILES string of the molecule is Cc1ccc(NC(=O)c2nnc(CCCC(=O)NCCN3CCCCCC3)s2)cc1. The summed E-state index contributed by atoms with van der Waals surface area (Å²) >= 11 is 1.28. The molecule has 0 bridgehead atoms. The van der Waals surface area contributed by atoms with Gasteiger partial charge in [0.2, 0.25) is 10.9 Å². The maximum absolute atomic E-state index is 12.3. The number of anilines is 1. The van der Waals surface area contributed by atoms with Gasteiger partial charge in [0.25, 0.3) is 5.91 Å². The van der Waals surface area contributed by atoms with Crippen LogP contribution in [-0.2, 0) is 11.2 Å². The van der Waals surface area contributed by atoms with E-state index < -0.39 is 0 Å². The van der Waals surface area contributed by atoms with E-state index in [-0.39, 0.29) is 11.8 Å². The van der Waals surface area contributed by atoms with E-state index in [0.29, 0.717) is 30.8 Å². The highest BCUT2D eigenvalue weighted by Gasteiger charge is 2.14. The minimum atomic E-state index is -0.256. The van der Waals surface area contributed by atoms with Crippen molar-refractivity contribution in [2.75, 3.05) is 31.5 Å². The molecule has 7 nitrogen and oxygen atoms in total. The summed E-state index contributed by atoms with van der Waals surface area (Å²) in [5, 5.41) is 15.0. The molecule has 1 fully saturated rings. The highest BCUT2D eigenvalue weighted by Crippen LogP contribution is 2.16. The number of carbonyl (C=O) groups is 2. The standard InChI is InChI=1S/C22H31N5O2S/c1-17-9-11-18(12-10-17)24-21(29)22-26-25-20(30-22)8-6-7-19(28)23-13-16-27-14-4-2-3-5-15-27/h9-12H,2-8,13-16H2,1H3,(H,23,28)(H,24,29). The molecular formula is C22H31N5O2S. The predicted molar refractivity (Wildman–Crippen MR) is 120 cm³/mol. The van der Waals surface area contributed by atoms with Gasteiger partial charge in [-0.05, 0) is 51.4 Å². The van der Waals surface area contributed by atoms with Gasteiger partial charge in [-0.15, -0.1) is 10.2 Å².